The van der Waals surface area contributed by atoms with Crippen LogP contribution in [0.2, 0.25) is 0 Å². The molecule has 1 fully saturated rings. The molecule has 2 heterocycles. The van der Waals surface area contributed by atoms with Gasteiger partial charge in [-0.1, -0.05) is 6.07 Å². The van der Waals surface area contributed by atoms with Gasteiger partial charge in [0.15, 0.2) is 11.2 Å². The van der Waals surface area contributed by atoms with Crippen molar-refractivity contribution in [1.82, 2.24) is 4.90 Å². The fourth-order valence-corrected chi connectivity index (χ4v) is 3.16. The van der Waals surface area contributed by atoms with Gasteiger partial charge in [-0.3, -0.25) is 9.59 Å². The maximum atomic E-state index is 12.6. The van der Waals surface area contributed by atoms with Gasteiger partial charge < -0.3 is 18.8 Å². The Morgan fingerprint density at radius 3 is 2.85 bits per heavy atom. The lowest BCUT2D eigenvalue weighted by atomic mass is 9.98. The smallest absolute Gasteiger partial charge is 0.289 e. The first kappa shape index (κ1) is 18.0. The molecule has 0 N–H and O–H groups in total. The summed E-state index contributed by atoms with van der Waals surface area (Å²) < 4.78 is 16.5. The van der Waals surface area contributed by atoms with Crippen molar-refractivity contribution < 1.29 is 18.7 Å². The Morgan fingerprint density at radius 1 is 1.27 bits per heavy atom. The number of methoxy groups -OCH3 is 1. The number of carbonyl (C=O) groups excluding carboxylic acids is 1. The number of nitrogens with zero attached hydrogens (tertiary/aromatic N) is 1. The highest BCUT2D eigenvalue weighted by atomic mass is 16.5. The summed E-state index contributed by atoms with van der Waals surface area (Å²) in [5.41, 5.74) is -0.216. The largest absolute Gasteiger partial charge is 0.497 e. The number of hydrogen-bond donors (Lipinski definition) is 0. The molecule has 1 unspecified atom stereocenters. The van der Waals surface area contributed by atoms with Gasteiger partial charge in [0.05, 0.1) is 13.7 Å². The van der Waals surface area contributed by atoms with Gasteiger partial charge in [0.2, 0.25) is 0 Å². The van der Waals surface area contributed by atoms with Crippen LogP contribution >= 0.6 is 0 Å². The fourth-order valence-electron chi connectivity index (χ4n) is 3.16. The second-order valence-electron chi connectivity index (χ2n) is 6.52. The lowest BCUT2D eigenvalue weighted by molar-refractivity contribution is 0.0598. The Balaban J connectivity index is 1.61. The number of ether oxygens (including phenoxy) is 2. The monoisotopic (exact) mass is 357 g/mol. The van der Waals surface area contributed by atoms with E-state index in [0.29, 0.717) is 25.5 Å². The van der Waals surface area contributed by atoms with Gasteiger partial charge in [0.1, 0.15) is 17.3 Å². The number of aryl methyl sites for hydroxylation is 1. The molecule has 138 valence electrons. The summed E-state index contributed by atoms with van der Waals surface area (Å²) >= 11 is 0. The summed E-state index contributed by atoms with van der Waals surface area (Å²) in [6, 6.07) is 10.1. The van der Waals surface area contributed by atoms with E-state index in [1.54, 1.807) is 18.9 Å². The molecule has 2 aromatic rings. The third kappa shape index (κ3) is 4.45. The molecule has 6 nitrogen and oxygen atoms in total. The van der Waals surface area contributed by atoms with Gasteiger partial charge in [0.25, 0.3) is 5.91 Å². The second-order valence-corrected chi connectivity index (χ2v) is 6.52. The number of rotatable bonds is 5. The Kier molecular flexibility index (Phi) is 5.61. The molecule has 0 radical (unpaired) electrons. The minimum atomic E-state index is -0.239. The fraction of sp³-hybridized carbons (Fsp3) is 0.400. The SMILES string of the molecule is COc1cccc(OCC2CCCN(C(=O)c3cc(=O)cc(C)o3)C2)c1. The molecule has 1 aromatic carbocycles. The van der Waals surface area contributed by atoms with Crippen molar-refractivity contribution in [3.8, 4) is 11.5 Å². The van der Waals surface area contributed by atoms with E-state index in [1.807, 2.05) is 24.3 Å². The number of amides is 1. The van der Waals surface area contributed by atoms with Gasteiger partial charge in [-0.2, -0.15) is 0 Å². The van der Waals surface area contributed by atoms with Gasteiger partial charge in [-0.25, -0.2) is 0 Å². The summed E-state index contributed by atoms with van der Waals surface area (Å²) in [7, 11) is 1.62. The zero-order valence-corrected chi connectivity index (χ0v) is 15.1. The van der Waals surface area contributed by atoms with E-state index >= 15 is 0 Å². The van der Waals surface area contributed by atoms with Crippen molar-refractivity contribution in [2.24, 2.45) is 5.92 Å². The standard InChI is InChI=1S/C20H23NO5/c1-14-9-16(22)10-19(26-14)20(23)21-8-4-5-15(12-21)13-25-18-7-3-6-17(11-18)24-2/h3,6-7,9-11,15H,4-5,8,12-13H2,1-2H3. The quantitative estimate of drug-likeness (QED) is 0.823. The van der Waals surface area contributed by atoms with Crippen LogP contribution < -0.4 is 14.9 Å². The van der Waals surface area contributed by atoms with Crippen molar-refractivity contribution in [3.63, 3.8) is 0 Å². The maximum Gasteiger partial charge on any atom is 0.289 e. The Morgan fingerprint density at radius 2 is 2.08 bits per heavy atom. The predicted octanol–water partition coefficient (Wildman–Crippen LogP) is 2.89. The number of hydrogen-bond acceptors (Lipinski definition) is 5. The lowest BCUT2D eigenvalue weighted by Gasteiger charge is -2.32. The van der Waals surface area contributed by atoms with E-state index in [1.165, 1.54) is 12.1 Å². The van der Waals surface area contributed by atoms with E-state index < -0.39 is 0 Å². The number of likely N-dealkylation sites (tertiary alicyclic amines) is 1. The molecular formula is C20H23NO5. The van der Waals surface area contributed by atoms with E-state index in [-0.39, 0.29) is 23.0 Å². The van der Waals surface area contributed by atoms with Gasteiger partial charge in [-0.15, -0.1) is 0 Å². The third-order valence-corrected chi connectivity index (χ3v) is 4.43. The van der Waals surface area contributed by atoms with Crippen molar-refractivity contribution >= 4 is 5.91 Å². The first-order chi connectivity index (χ1) is 12.5. The van der Waals surface area contributed by atoms with E-state index in [2.05, 4.69) is 0 Å². The molecule has 0 bridgehead atoms. The van der Waals surface area contributed by atoms with Crippen LogP contribution in [0.5, 0.6) is 11.5 Å². The van der Waals surface area contributed by atoms with Crippen LogP contribution in [0.25, 0.3) is 0 Å². The highest BCUT2D eigenvalue weighted by Gasteiger charge is 2.26. The summed E-state index contributed by atoms with van der Waals surface area (Å²) in [6.45, 7) is 3.43. The van der Waals surface area contributed by atoms with Crippen molar-refractivity contribution in [1.29, 1.82) is 0 Å². The Hall–Kier alpha value is -2.76. The average molecular weight is 357 g/mol. The Bertz CT molecular complexity index is 829. The first-order valence-corrected chi connectivity index (χ1v) is 8.73. The number of piperidine rings is 1. The lowest BCUT2D eigenvalue weighted by Crippen LogP contribution is -2.41. The van der Waals surface area contributed by atoms with Crippen LogP contribution in [0, 0.1) is 12.8 Å². The van der Waals surface area contributed by atoms with Crippen LogP contribution in [0.4, 0.5) is 0 Å². The minimum Gasteiger partial charge on any atom is -0.497 e. The second kappa shape index (κ2) is 8.08. The first-order valence-electron chi connectivity index (χ1n) is 8.73. The van der Waals surface area contributed by atoms with Crippen LogP contribution in [-0.4, -0.2) is 37.6 Å². The van der Waals surface area contributed by atoms with Crippen molar-refractivity contribution in [3.05, 3.63) is 58.1 Å². The molecule has 26 heavy (non-hydrogen) atoms. The van der Waals surface area contributed by atoms with Gasteiger partial charge in [0, 0.05) is 37.2 Å². The van der Waals surface area contributed by atoms with E-state index in [4.69, 9.17) is 13.9 Å². The predicted molar refractivity (Wildman–Crippen MR) is 96.8 cm³/mol. The van der Waals surface area contributed by atoms with Crippen molar-refractivity contribution in [2.75, 3.05) is 26.8 Å². The highest BCUT2D eigenvalue weighted by Crippen LogP contribution is 2.23. The minimum absolute atomic E-state index is 0.101. The van der Waals surface area contributed by atoms with Crippen LogP contribution in [0.15, 0.2) is 45.6 Å². The highest BCUT2D eigenvalue weighted by molar-refractivity contribution is 5.91. The zero-order valence-electron chi connectivity index (χ0n) is 15.1. The van der Waals surface area contributed by atoms with Gasteiger partial charge in [-0.05, 0) is 31.9 Å². The molecular weight excluding hydrogens is 334 g/mol. The molecule has 0 aliphatic carbocycles. The molecule has 1 amide bonds. The molecule has 1 aromatic heterocycles. The van der Waals surface area contributed by atoms with Crippen LogP contribution in [0.1, 0.15) is 29.2 Å². The zero-order chi connectivity index (χ0) is 18.5. The molecule has 0 saturated carbocycles. The summed E-state index contributed by atoms with van der Waals surface area (Å²) in [5, 5.41) is 0. The van der Waals surface area contributed by atoms with Gasteiger partial charge >= 0.3 is 0 Å². The molecule has 1 aliphatic heterocycles. The van der Waals surface area contributed by atoms with E-state index in [9.17, 15) is 9.59 Å². The normalized spacial score (nSPS) is 17.0. The molecule has 1 saturated heterocycles. The Labute approximate surface area is 152 Å². The summed E-state index contributed by atoms with van der Waals surface area (Å²) in [6.07, 6.45) is 1.89. The molecule has 6 heteroatoms. The summed E-state index contributed by atoms with van der Waals surface area (Å²) in [5.74, 6) is 2.03. The van der Waals surface area contributed by atoms with Crippen molar-refractivity contribution in [2.45, 2.75) is 19.8 Å². The van der Waals surface area contributed by atoms with Crippen LogP contribution in [0.3, 0.4) is 0 Å². The summed E-state index contributed by atoms with van der Waals surface area (Å²) in [4.78, 5) is 26.0. The van der Waals surface area contributed by atoms with Crippen LogP contribution in [-0.2, 0) is 0 Å². The van der Waals surface area contributed by atoms with E-state index in [0.717, 1.165) is 24.3 Å². The molecule has 1 atom stereocenters. The number of carbonyl (C=O) groups is 1. The average Bonchev–Trinajstić information content (AvgIpc) is 2.65. The topological polar surface area (TPSA) is 69.0 Å². The molecule has 1 aliphatic rings. The third-order valence-electron chi connectivity index (χ3n) is 4.43. The molecule has 0 spiro atoms. The number of benzene rings is 1. The molecule has 3 rings (SSSR count). The maximum absolute atomic E-state index is 12.6.